The van der Waals surface area contributed by atoms with Gasteiger partial charge in [-0.2, -0.15) is 0 Å². The summed E-state index contributed by atoms with van der Waals surface area (Å²) >= 11 is 0. The van der Waals surface area contributed by atoms with Crippen molar-refractivity contribution in [2.75, 3.05) is 13.2 Å². The molecule has 2 fully saturated rings. The van der Waals surface area contributed by atoms with Crippen molar-refractivity contribution in [3.05, 3.63) is 0 Å². The van der Waals surface area contributed by atoms with Gasteiger partial charge in [0.15, 0.2) is 6.29 Å². The van der Waals surface area contributed by atoms with E-state index in [0.29, 0.717) is 0 Å². The van der Waals surface area contributed by atoms with Crippen LogP contribution in [0.4, 0.5) is 0 Å². The Balaban J connectivity index is 2.20. The van der Waals surface area contributed by atoms with Crippen LogP contribution >= 0.6 is 0 Å². The number of aliphatic hydroxyl groups is 6. The summed E-state index contributed by atoms with van der Waals surface area (Å²) in [6, 6.07) is 0. The number of carbonyl (C=O) groups excluding carboxylic acids is 1. The van der Waals surface area contributed by atoms with Crippen molar-refractivity contribution >= 4 is 11.8 Å². The molecule has 2 heterocycles. The molecule has 2 aliphatic rings. The average Bonchev–Trinajstić information content (AvgIpc) is 2.83. The minimum Gasteiger partial charge on any atom is -0.477 e. The molecular formula is C23H40O13. The maximum Gasteiger partial charge on any atom is 0.364 e. The molecule has 210 valence electrons. The Hall–Kier alpha value is -1.26. The van der Waals surface area contributed by atoms with Crippen LogP contribution in [0, 0.1) is 17.8 Å². The van der Waals surface area contributed by atoms with Crippen molar-refractivity contribution in [1.29, 1.82) is 0 Å². The lowest BCUT2D eigenvalue weighted by atomic mass is 9.84. The zero-order chi connectivity index (χ0) is 27.5. The van der Waals surface area contributed by atoms with E-state index < -0.39 is 104 Å². The molecule has 13 nitrogen and oxygen atoms in total. The van der Waals surface area contributed by atoms with Gasteiger partial charge >= 0.3 is 5.97 Å². The minimum absolute atomic E-state index is 0.111. The molecule has 0 amide bonds. The van der Waals surface area contributed by atoms with Gasteiger partial charge in [0.1, 0.15) is 30.2 Å². The van der Waals surface area contributed by atoms with Gasteiger partial charge in [-0.05, 0) is 13.8 Å². The van der Waals surface area contributed by atoms with Gasteiger partial charge in [0, 0.05) is 24.2 Å². The van der Waals surface area contributed by atoms with E-state index in [1.54, 1.807) is 20.8 Å². The zero-order valence-electron chi connectivity index (χ0n) is 21.1. The van der Waals surface area contributed by atoms with Crippen LogP contribution in [0.3, 0.4) is 0 Å². The first-order valence-electron chi connectivity index (χ1n) is 12.0. The molecule has 36 heavy (non-hydrogen) atoms. The highest BCUT2D eigenvalue weighted by Crippen LogP contribution is 2.37. The molecule has 0 bridgehead atoms. The van der Waals surface area contributed by atoms with Crippen LogP contribution in [0.25, 0.3) is 0 Å². The molecule has 7 N–H and O–H groups in total. The maximum atomic E-state index is 12.2. The SMILES string of the molecule is CC(=O)[C@@H](C)[C@@H](C)O[C@H]1OC(CO[C@]2(C(=O)O)C[C@@H](O)[C@@H](C)C([C@H](O)[C@H](O)CO)O2)[C@H](O)[C@H](O)C1C. The Morgan fingerprint density at radius 2 is 1.69 bits per heavy atom. The van der Waals surface area contributed by atoms with E-state index in [2.05, 4.69) is 0 Å². The molecule has 0 aliphatic carbocycles. The van der Waals surface area contributed by atoms with Crippen LogP contribution in [-0.2, 0) is 28.5 Å². The van der Waals surface area contributed by atoms with Crippen molar-refractivity contribution in [3.8, 4) is 0 Å². The number of Topliss-reactive ketones (excluding diaryl/α,β-unsaturated/α-hetero) is 1. The number of carboxylic acid groups (broad SMARTS) is 1. The number of hydrogen-bond acceptors (Lipinski definition) is 12. The number of carboxylic acids is 1. The standard InChI is InChI=1S/C23H40O13/c1-9(12(4)25)13(5)34-21-11(3)17(28)19(30)16(35-21)8-33-23(22(31)32)6-14(26)10(2)20(36-23)18(29)15(27)7-24/h9-11,13-21,24,26-30H,6-8H2,1-5H3,(H,31,32)/t9-,10-,11?,13-,14-,15-,16?,17-,18-,19+,20?,21+,23-/m1/s1. The molecule has 0 aromatic carbocycles. The van der Waals surface area contributed by atoms with Crippen LogP contribution in [-0.4, -0.2) is 122 Å². The molecule has 2 rings (SSSR count). The lowest BCUT2D eigenvalue weighted by Gasteiger charge is -2.47. The summed E-state index contributed by atoms with van der Waals surface area (Å²) in [5, 5.41) is 70.8. The molecule has 0 aromatic rings. The summed E-state index contributed by atoms with van der Waals surface area (Å²) < 4.78 is 22.7. The van der Waals surface area contributed by atoms with Crippen LogP contribution in [0.5, 0.6) is 0 Å². The molecule has 13 atom stereocenters. The van der Waals surface area contributed by atoms with E-state index in [-0.39, 0.29) is 5.78 Å². The van der Waals surface area contributed by atoms with Crippen molar-refractivity contribution in [1.82, 2.24) is 0 Å². The molecule has 2 saturated heterocycles. The van der Waals surface area contributed by atoms with Gasteiger partial charge in [-0.1, -0.05) is 20.8 Å². The Kier molecular flexibility index (Phi) is 10.8. The van der Waals surface area contributed by atoms with E-state index in [4.69, 9.17) is 24.1 Å². The second-order valence-electron chi connectivity index (χ2n) is 9.95. The smallest absolute Gasteiger partial charge is 0.364 e. The molecular weight excluding hydrogens is 484 g/mol. The number of ketones is 1. The van der Waals surface area contributed by atoms with Crippen LogP contribution in [0.1, 0.15) is 41.0 Å². The minimum atomic E-state index is -2.49. The summed E-state index contributed by atoms with van der Waals surface area (Å²) in [6.07, 6.45) is -12.4. The van der Waals surface area contributed by atoms with Crippen LogP contribution in [0.2, 0.25) is 0 Å². The highest BCUT2D eigenvalue weighted by atomic mass is 16.7. The first-order chi connectivity index (χ1) is 16.7. The van der Waals surface area contributed by atoms with Gasteiger partial charge in [-0.15, -0.1) is 0 Å². The quantitative estimate of drug-likeness (QED) is 0.156. The topological polar surface area (TPSA) is 213 Å². The number of aliphatic carboxylic acids is 1. The first kappa shape index (κ1) is 31.0. The van der Waals surface area contributed by atoms with E-state index in [1.807, 2.05) is 0 Å². The van der Waals surface area contributed by atoms with Crippen molar-refractivity contribution in [2.45, 2.75) is 102 Å². The van der Waals surface area contributed by atoms with Gasteiger partial charge in [-0.25, -0.2) is 4.79 Å². The maximum absolute atomic E-state index is 12.2. The number of hydrogen-bond donors (Lipinski definition) is 7. The first-order valence-corrected chi connectivity index (χ1v) is 12.0. The second-order valence-corrected chi connectivity index (χ2v) is 9.95. The van der Waals surface area contributed by atoms with E-state index in [1.165, 1.54) is 13.8 Å². The number of carbonyl (C=O) groups is 2. The van der Waals surface area contributed by atoms with Crippen molar-refractivity contribution in [2.24, 2.45) is 17.8 Å². The fourth-order valence-electron chi connectivity index (χ4n) is 4.29. The van der Waals surface area contributed by atoms with E-state index in [9.17, 15) is 40.2 Å². The van der Waals surface area contributed by atoms with Gasteiger partial charge in [0.2, 0.25) is 0 Å². The Morgan fingerprint density at radius 1 is 1.08 bits per heavy atom. The van der Waals surface area contributed by atoms with E-state index in [0.717, 1.165) is 0 Å². The van der Waals surface area contributed by atoms with E-state index >= 15 is 0 Å². The zero-order valence-corrected chi connectivity index (χ0v) is 21.1. The van der Waals surface area contributed by atoms with Crippen molar-refractivity contribution in [3.63, 3.8) is 0 Å². The third-order valence-corrected chi connectivity index (χ3v) is 7.36. The summed E-state index contributed by atoms with van der Waals surface area (Å²) in [5.74, 6) is -6.22. The van der Waals surface area contributed by atoms with Gasteiger partial charge in [0.05, 0.1) is 37.6 Å². The highest BCUT2D eigenvalue weighted by Gasteiger charge is 2.55. The summed E-state index contributed by atoms with van der Waals surface area (Å²) in [7, 11) is 0. The molecule has 0 saturated carbocycles. The Morgan fingerprint density at radius 3 is 2.22 bits per heavy atom. The monoisotopic (exact) mass is 524 g/mol. The third kappa shape index (κ3) is 6.59. The van der Waals surface area contributed by atoms with Crippen molar-refractivity contribution < 1.29 is 64.3 Å². The Labute approximate surface area is 209 Å². The highest BCUT2D eigenvalue weighted by molar-refractivity contribution is 5.78. The molecule has 2 aliphatic heterocycles. The van der Waals surface area contributed by atoms with Crippen LogP contribution < -0.4 is 0 Å². The average molecular weight is 525 g/mol. The van der Waals surface area contributed by atoms with Gasteiger partial charge in [-0.3, -0.25) is 4.79 Å². The predicted octanol–water partition coefficient (Wildman–Crippen LogP) is -2.00. The molecule has 3 unspecified atom stereocenters. The fraction of sp³-hybridized carbons (Fsp3) is 0.913. The summed E-state index contributed by atoms with van der Waals surface area (Å²) in [6.45, 7) is 6.37. The second kappa shape index (κ2) is 12.5. The summed E-state index contributed by atoms with van der Waals surface area (Å²) in [4.78, 5) is 23.9. The van der Waals surface area contributed by atoms with Crippen LogP contribution in [0.15, 0.2) is 0 Å². The normalized spacial score (nSPS) is 40.8. The largest absolute Gasteiger partial charge is 0.477 e. The number of ether oxygens (including phenoxy) is 4. The Bertz CT molecular complexity index is 750. The fourth-order valence-corrected chi connectivity index (χ4v) is 4.29. The number of aliphatic hydroxyl groups excluding tert-OH is 6. The molecule has 13 heteroatoms. The number of rotatable bonds is 11. The molecule has 0 spiro atoms. The summed E-state index contributed by atoms with van der Waals surface area (Å²) in [5.41, 5.74) is 0. The lowest BCUT2D eigenvalue weighted by Crippen LogP contribution is -2.62. The van der Waals surface area contributed by atoms with Gasteiger partial charge < -0.3 is 54.7 Å². The molecule has 0 aromatic heterocycles. The third-order valence-electron chi connectivity index (χ3n) is 7.36. The predicted molar refractivity (Wildman–Crippen MR) is 120 cm³/mol. The molecule has 0 radical (unpaired) electrons. The van der Waals surface area contributed by atoms with Gasteiger partial charge in [0.25, 0.3) is 5.79 Å². The lowest BCUT2D eigenvalue weighted by molar-refractivity contribution is -0.340.